The SMILES string of the molecule is BrC1(Br)C=CC2=Nc3ccccc3SC2=C1. The van der Waals surface area contributed by atoms with Gasteiger partial charge in [-0.15, -0.1) is 0 Å². The van der Waals surface area contributed by atoms with Crippen molar-refractivity contribution in [3.63, 3.8) is 0 Å². The second kappa shape index (κ2) is 3.86. The third kappa shape index (κ3) is 1.94. The van der Waals surface area contributed by atoms with E-state index in [0.717, 1.165) is 11.4 Å². The van der Waals surface area contributed by atoms with Gasteiger partial charge in [0.05, 0.1) is 11.4 Å². The summed E-state index contributed by atoms with van der Waals surface area (Å²) in [4.78, 5) is 7.03. The number of benzene rings is 1. The van der Waals surface area contributed by atoms with Gasteiger partial charge in [0.15, 0.2) is 0 Å². The maximum absolute atomic E-state index is 4.63. The topological polar surface area (TPSA) is 12.4 Å². The molecule has 1 heterocycles. The zero-order valence-electron chi connectivity index (χ0n) is 8.15. The van der Waals surface area contributed by atoms with Crippen LogP contribution in [0.25, 0.3) is 0 Å². The molecule has 1 nitrogen and oxygen atoms in total. The Labute approximate surface area is 115 Å². The van der Waals surface area contributed by atoms with E-state index in [9.17, 15) is 0 Å². The van der Waals surface area contributed by atoms with Crippen LogP contribution in [0.15, 0.2) is 57.3 Å². The lowest BCUT2D eigenvalue weighted by molar-refractivity contribution is 1.31. The van der Waals surface area contributed by atoms with E-state index in [1.165, 1.54) is 9.80 Å². The first kappa shape index (κ1) is 10.8. The molecule has 0 N–H and O–H groups in total. The van der Waals surface area contributed by atoms with Gasteiger partial charge >= 0.3 is 0 Å². The molecule has 0 saturated carbocycles. The predicted octanol–water partition coefficient (Wildman–Crippen LogP) is 4.80. The average molecular weight is 357 g/mol. The summed E-state index contributed by atoms with van der Waals surface area (Å²) < 4.78 is -0.229. The standard InChI is InChI=1S/C12H7Br2NS/c13-12(14)6-5-9-11(7-12)16-10-4-2-1-3-8(10)15-9/h1-7H. The number of allylic oxidation sites excluding steroid dienone is 4. The molecule has 0 radical (unpaired) electrons. The number of thioether (sulfide) groups is 1. The van der Waals surface area contributed by atoms with Crippen LogP contribution in [0.1, 0.15) is 0 Å². The minimum atomic E-state index is -0.229. The number of halogens is 2. The Balaban J connectivity index is 2.12. The first-order valence-electron chi connectivity index (χ1n) is 4.80. The van der Waals surface area contributed by atoms with E-state index in [1.54, 1.807) is 11.8 Å². The van der Waals surface area contributed by atoms with Crippen molar-refractivity contribution in [3.8, 4) is 0 Å². The second-order valence-corrected chi connectivity index (χ2v) is 8.36. The van der Waals surface area contributed by atoms with Gasteiger partial charge in [-0.1, -0.05) is 61.8 Å². The Kier molecular flexibility index (Phi) is 2.61. The van der Waals surface area contributed by atoms with Crippen molar-refractivity contribution in [1.82, 2.24) is 0 Å². The molecule has 0 saturated heterocycles. The molecule has 3 rings (SSSR count). The minimum absolute atomic E-state index is 0.229. The summed E-state index contributed by atoms with van der Waals surface area (Å²) >= 11 is 8.92. The highest BCUT2D eigenvalue weighted by atomic mass is 79.9. The van der Waals surface area contributed by atoms with Gasteiger partial charge < -0.3 is 0 Å². The maximum atomic E-state index is 4.63. The smallest absolute Gasteiger partial charge is 0.118 e. The van der Waals surface area contributed by atoms with Crippen LogP contribution in [-0.4, -0.2) is 8.95 Å². The fraction of sp³-hybridized carbons (Fsp3) is 0.0833. The van der Waals surface area contributed by atoms with Gasteiger partial charge in [-0.2, -0.15) is 0 Å². The molecule has 0 amide bonds. The monoisotopic (exact) mass is 355 g/mol. The van der Waals surface area contributed by atoms with Crippen LogP contribution >= 0.6 is 43.6 Å². The van der Waals surface area contributed by atoms with Crippen molar-refractivity contribution in [2.45, 2.75) is 8.13 Å². The number of para-hydroxylation sites is 1. The van der Waals surface area contributed by atoms with Crippen molar-refractivity contribution in [2.75, 3.05) is 0 Å². The van der Waals surface area contributed by atoms with Crippen LogP contribution in [-0.2, 0) is 0 Å². The van der Waals surface area contributed by atoms with E-state index in [0.29, 0.717) is 0 Å². The lowest BCUT2D eigenvalue weighted by Gasteiger charge is -2.23. The number of rotatable bonds is 0. The van der Waals surface area contributed by atoms with E-state index >= 15 is 0 Å². The largest absolute Gasteiger partial charge is 0.247 e. The molecule has 1 aliphatic carbocycles. The Hall–Kier alpha value is -0.320. The molecule has 0 fully saturated rings. The number of nitrogens with zero attached hydrogens (tertiary/aromatic N) is 1. The van der Waals surface area contributed by atoms with Gasteiger partial charge in [0.2, 0.25) is 0 Å². The molecule has 4 heteroatoms. The second-order valence-electron chi connectivity index (χ2n) is 3.58. The first-order valence-corrected chi connectivity index (χ1v) is 7.20. The third-order valence-electron chi connectivity index (χ3n) is 2.37. The molecule has 1 aromatic rings. The molecule has 16 heavy (non-hydrogen) atoms. The Morgan fingerprint density at radius 2 is 2.00 bits per heavy atom. The van der Waals surface area contributed by atoms with E-state index in [4.69, 9.17) is 0 Å². The summed E-state index contributed by atoms with van der Waals surface area (Å²) in [5, 5.41) is 0. The number of fused-ring (bicyclic) bond motifs is 2. The molecule has 0 spiro atoms. The van der Waals surface area contributed by atoms with E-state index in [2.05, 4.69) is 49.0 Å². The fourth-order valence-corrected chi connectivity index (χ4v) is 3.72. The van der Waals surface area contributed by atoms with Crippen LogP contribution in [0.5, 0.6) is 0 Å². The number of hydrogen-bond acceptors (Lipinski definition) is 2. The molecular weight excluding hydrogens is 350 g/mol. The van der Waals surface area contributed by atoms with Crippen molar-refractivity contribution in [2.24, 2.45) is 4.99 Å². The Morgan fingerprint density at radius 1 is 1.19 bits per heavy atom. The van der Waals surface area contributed by atoms with Crippen molar-refractivity contribution in [1.29, 1.82) is 0 Å². The van der Waals surface area contributed by atoms with Gasteiger partial charge in [-0.25, -0.2) is 4.99 Å². The Bertz CT molecular complexity index is 544. The van der Waals surface area contributed by atoms with Crippen LogP contribution < -0.4 is 0 Å². The first-order chi connectivity index (χ1) is 7.64. The zero-order chi connectivity index (χ0) is 11.2. The normalized spacial score (nSPS) is 20.6. The quantitative estimate of drug-likeness (QED) is 0.608. The van der Waals surface area contributed by atoms with E-state index in [1.807, 2.05) is 30.4 Å². The summed E-state index contributed by atoms with van der Waals surface area (Å²) in [7, 11) is 0. The lowest BCUT2D eigenvalue weighted by atomic mass is 10.1. The van der Waals surface area contributed by atoms with Gasteiger partial charge in [-0.05, 0) is 24.3 Å². The van der Waals surface area contributed by atoms with Gasteiger partial charge in [0, 0.05) is 9.80 Å². The highest BCUT2D eigenvalue weighted by molar-refractivity contribution is 9.25. The van der Waals surface area contributed by atoms with Gasteiger partial charge in [0.25, 0.3) is 0 Å². The summed E-state index contributed by atoms with van der Waals surface area (Å²) in [6.07, 6.45) is 6.22. The highest BCUT2D eigenvalue weighted by Gasteiger charge is 2.26. The predicted molar refractivity (Wildman–Crippen MR) is 77.2 cm³/mol. The maximum Gasteiger partial charge on any atom is 0.118 e. The van der Waals surface area contributed by atoms with Crippen LogP contribution in [0.2, 0.25) is 0 Å². The molecule has 0 atom stereocenters. The molecule has 0 unspecified atom stereocenters. The average Bonchev–Trinajstić information content (AvgIpc) is 2.25. The summed E-state index contributed by atoms with van der Waals surface area (Å²) in [6, 6.07) is 8.21. The third-order valence-corrected chi connectivity index (χ3v) is 4.46. The van der Waals surface area contributed by atoms with Crippen LogP contribution in [0.4, 0.5) is 5.69 Å². The van der Waals surface area contributed by atoms with Gasteiger partial charge in [-0.3, -0.25) is 0 Å². The number of alkyl halides is 2. The zero-order valence-corrected chi connectivity index (χ0v) is 12.1. The molecule has 0 bridgehead atoms. The van der Waals surface area contributed by atoms with Crippen molar-refractivity contribution >= 4 is 55.0 Å². The van der Waals surface area contributed by atoms with Crippen molar-refractivity contribution < 1.29 is 0 Å². The molecule has 1 aromatic carbocycles. The lowest BCUT2D eigenvalue weighted by Crippen LogP contribution is -2.14. The summed E-state index contributed by atoms with van der Waals surface area (Å²) in [5.74, 6) is 0. The fourth-order valence-electron chi connectivity index (χ4n) is 1.63. The highest BCUT2D eigenvalue weighted by Crippen LogP contribution is 2.45. The van der Waals surface area contributed by atoms with Crippen molar-refractivity contribution in [3.05, 3.63) is 47.4 Å². The summed E-state index contributed by atoms with van der Waals surface area (Å²) in [6.45, 7) is 0. The minimum Gasteiger partial charge on any atom is -0.247 e. The van der Waals surface area contributed by atoms with E-state index < -0.39 is 0 Å². The number of hydrogen-bond donors (Lipinski definition) is 0. The Morgan fingerprint density at radius 3 is 2.88 bits per heavy atom. The van der Waals surface area contributed by atoms with E-state index in [-0.39, 0.29) is 3.23 Å². The van der Waals surface area contributed by atoms with Gasteiger partial charge in [0.1, 0.15) is 3.23 Å². The molecular formula is C12H7Br2NS. The molecule has 0 aromatic heterocycles. The molecule has 2 aliphatic rings. The van der Waals surface area contributed by atoms with Crippen LogP contribution in [0, 0.1) is 0 Å². The van der Waals surface area contributed by atoms with Crippen LogP contribution in [0.3, 0.4) is 0 Å². The number of aliphatic imine (C=N–C) groups is 1. The molecule has 1 aliphatic heterocycles. The summed E-state index contributed by atoms with van der Waals surface area (Å²) in [5.41, 5.74) is 2.10. The molecule has 80 valence electrons.